The highest BCUT2D eigenvalue weighted by Gasteiger charge is 2.29. The van der Waals surface area contributed by atoms with Gasteiger partial charge in [0.25, 0.3) is 0 Å². The molecule has 0 unspecified atom stereocenters. The number of alkyl halides is 3. The van der Waals surface area contributed by atoms with Gasteiger partial charge in [-0.3, -0.25) is 9.52 Å². The molecule has 0 saturated heterocycles. The van der Waals surface area contributed by atoms with Gasteiger partial charge < -0.3 is 10.3 Å². The maximum atomic E-state index is 12.6. The molecule has 0 fully saturated rings. The van der Waals surface area contributed by atoms with Gasteiger partial charge in [0.15, 0.2) is 0 Å². The Balaban J connectivity index is 1.63. The number of benzene rings is 2. The van der Waals surface area contributed by atoms with Gasteiger partial charge in [-0.05, 0) is 53.9 Å². The zero-order valence-corrected chi connectivity index (χ0v) is 14.6. The molecule has 26 heavy (non-hydrogen) atoms. The largest absolute Gasteiger partial charge is 0.416 e. The Kier molecular flexibility index (Phi) is 5.24. The number of halogens is 3. The van der Waals surface area contributed by atoms with E-state index >= 15 is 0 Å². The van der Waals surface area contributed by atoms with Crippen LogP contribution in [0.3, 0.4) is 0 Å². The van der Waals surface area contributed by atoms with Crippen LogP contribution in [0.2, 0.25) is 0 Å². The minimum absolute atomic E-state index is 0.146. The number of nitrogens with one attached hydrogen (secondary N) is 3. The molecule has 1 aromatic heterocycles. The molecule has 2 aromatic carbocycles. The molecule has 3 aromatic rings. The van der Waals surface area contributed by atoms with E-state index in [2.05, 4.69) is 15.0 Å². The number of carbonyl (C=O) groups excluding carboxylic acids is 1. The van der Waals surface area contributed by atoms with Crippen molar-refractivity contribution < 1.29 is 18.0 Å². The fraction of sp³-hybridized carbons (Fsp3) is 0.167. The molecule has 0 spiro atoms. The lowest BCUT2D eigenvalue weighted by atomic mass is 10.1. The summed E-state index contributed by atoms with van der Waals surface area (Å²) in [5, 5.41) is 3.67. The molecule has 3 rings (SSSR count). The summed E-state index contributed by atoms with van der Waals surface area (Å²) in [6.45, 7) is 1.97. The maximum Gasteiger partial charge on any atom is 0.416 e. The number of fused-ring (bicyclic) bond motifs is 1. The first-order chi connectivity index (χ1) is 12.3. The number of amides is 1. The fourth-order valence-electron chi connectivity index (χ4n) is 2.49. The van der Waals surface area contributed by atoms with Gasteiger partial charge in [0.2, 0.25) is 5.91 Å². The van der Waals surface area contributed by atoms with Crippen molar-refractivity contribution in [3.63, 3.8) is 0 Å². The van der Waals surface area contributed by atoms with Crippen LogP contribution < -0.4 is 10.0 Å². The summed E-state index contributed by atoms with van der Waals surface area (Å²) in [6.07, 6.45) is -2.59. The summed E-state index contributed by atoms with van der Waals surface area (Å²) in [6, 6.07) is 10.8. The molecule has 8 heteroatoms. The van der Waals surface area contributed by atoms with Crippen LogP contribution in [0.4, 0.5) is 18.9 Å². The molecule has 0 aliphatic heterocycles. The second-order valence-electron chi connectivity index (χ2n) is 5.71. The van der Waals surface area contributed by atoms with Gasteiger partial charge in [0.05, 0.1) is 11.3 Å². The molecule has 0 saturated carbocycles. The van der Waals surface area contributed by atoms with Gasteiger partial charge in [-0.25, -0.2) is 0 Å². The third-order valence-corrected chi connectivity index (χ3v) is 4.50. The molecule has 0 radical (unpaired) electrons. The summed E-state index contributed by atoms with van der Waals surface area (Å²) in [5.74, 6) is -0.146. The van der Waals surface area contributed by atoms with Crippen LogP contribution in [0.1, 0.15) is 18.1 Å². The first-order valence-corrected chi connectivity index (χ1v) is 8.59. The highest BCUT2D eigenvalue weighted by molar-refractivity contribution is 7.97. The molecule has 3 N–H and O–H groups in total. The fourth-order valence-corrected chi connectivity index (χ4v) is 3.16. The van der Waals surface area contributed by atoms with Gasteiger partial charge in [0.1, 0.15) is 0 Å². The highest BCUT2D eigenvalue weighted by atomic mass is 32.2. The smallest absolute Gasteiger partial charge is 0.359 e. The molecule has 4 nitrogen and oxygen atoms in total. The molecule has 1 amide bonds. The van der Waals surface area contributed by atoms with Crippen LogP contribution in [0.25, 0.3) is 10.9 Å². The Bertz CT molecular complexity index is 920. The van der Waals surface area contributed by atoms with E-state index in [1.54, 1.807) is 6.20 Å². The number of H-pyrrole nitrogens is 1. The summed E-state index contributed by atoms with van der Waals surface area (Å²) < 4.78 is 40.8. The number of rotatable bonds is 5. The summed E-state index contributed by atoms with van der Waals surface area (Å²) in [7, 11) is 0. The van der Waals surface area contributed by atoms with Crippen LogP contribution in [-0.2, 0) is 17.5 Å². The highest BCUT2D eigenvalue weighted by Crippen LogP contribution is 2.30. The summed E-state index contributed by atoms with van der Waals surface area (Å²) >= 11 is 1.26. The number of hydrogen-bond acceptors (Lipinski definition) is 3. The van der Waals surface area contributed by atoms with Crippen molar-refractivity contribution in [1.29, 1.82) is 0 Å². The van der Waals surface area contributed by atoms with E-state index in [1.165, 1.54) is 31.0 Å². The first-order valence-electron chi connectivity index (χ1n) is 7.77. The van der Waals surface area contributed by atoms with Gasteiger partial charge in [-0.2, -0.15) is 13.2 Å². The first kappa shape index (κ1) is 18.3. The Morgan fingerprint density at radius 3 is 2.54 bits per heavy atom. The van der Waals surface area contributed by atoms with E-state index < -0.39 is 11.7 Å². The summed E-state index contributed by atoms with van der Waals surface area (Å²) in [4.78, 5) is 15.0. The maximum absolute atomic E-state index is 12.6. The van der Waals surface area contributed by atoms with Crippen molar-refractivity contribution in [2.75, 3.05) is 5.32 Å². The normalized spacial score (nSPS) is 11.7. The van der Waals surface area contributed by atoms with Crippen molar-refractivity contribution in [3.05, 3.63) is 59.8 Å². The molecule has 1 heterocycles. The third kappa shape index (κ3) is 4.39. The van der Waals surface area contributed by atoms with E-state index in [1.807, 2.05) is 18.2 Å². The SMILES string of the molecule is CC(=O)Nc1c[nH]c2ccc(CNSc3ccc(C(F)(F)F)cc3)cc12. The van der Waals surface area contributed by atoms with Gasteiger partial charge in [-0.15, -0.1) is 0 Å². The van der Waals surface area contributed by atoms with E-state index in [0.29, 0.717) is 17.1 Å². The quantitative estimate of drug-likeness (QED) is 0.550. The van der Waals surface area contributed by atoms with Crippen molar-refractivity contribution in [1.82, 2.24) is 9.71 Å². The van der Waals surface area contributed by atoms with Crippen molar-refractivity contribution >= 4 is 34.4 Å². The number of aromatic amines is 1. The lowest BCUT2D eigenvalue weighted by molar-refractivity contribution is -0.137. The van der Waals surface area contributed by atoms with Crippen LogP contribution >= 0.6 is 11.9 Å². The van der Waals surface area contributed by atoms with Crippen molar-refractivity contribution in [2.24, 2.45) is 0 Å². The number of aromatic nitrogens is 1. The van der Waals surface area contributed by atoms with Gasteiger partial charge >= 0.3 is 6.18 Å². The average molecular weight is 379 g/mol. The second-order valence-corrected chi connectivity index (χ2v) is 6.67. The zero-order valence-electron chi connectivity index (χ0n) is 13.8. The molecular formula is C18H16F3N3OS. The Labute approximate surface area is 152 Å². The average Bonchev–Trinajstić information content (AvgIpc) is 2.96. The number of hydrogen-bond donors (Lipinski definition) is 3. The van der Waals surface area contributed by atoms with Gasteiger partial charge in [-0.1, -0.05) is 6.07 Å². The Morgan fingerprint density at radius 1 is 1.15 bits per heavy atom. The van der Waals surface area contributed by atoms with Crippen LogP contribution in [0, 0.1) is 0 Å². The van der Waals surface area contributed by atoms with E-state index in [0.717, 1.165) is 28.6 Å². The second kappa shape index (κ2) is 7.43. The van der Waals surface area contributed by atoms with E-state index in [9.17, 15) is 18.0 Å². The zero-order chi connectivity index (χ0) is 18.7. The molecule has 0 aliphatic carbocycles. The molecule has 0 aliphatic rings. The van der Waals surface area contributed by atoms with Crippen molar-refractivity contribution in [2.45, 2.75) is 24.5 Å². The number of anilines is 1. The van der Waals surface area contributed by atoms with Crippen LogP contribution in [0.5, 0.6) is 0 Å². The summed E-state index contributed by atoms with van der Waals surface area (Å²) in [5.41, 5.74) is 1.95. The lowest BCUT2D eigenvalue weighted by Crippen LogP contribution is -2.06. The molecule has 0 atom stereocenters. The predicted octanol–water partition coefficient (Wildman–Crippen LogP) is 4.94. The minimum Gasteiger partial charge on any atom is -0.359 e. The standard InChI is InChI=1S/C18H16F3N3OS/c1-11(25)24-17-10-22-16-7-2-12(8-15(16)17)9-23-26-14-5-3-13(4-6-14)18(19,20)21/h2-8,10,22-23H,9H2,1H3,(H,24,25). The Hall–Kier alpha value is -2.45. The van der Waals surface area contributed by atoms with Gasteiger partial charge in [0, 0.05) is 35.5 Å². The Morgan fingerprint density at radius 2 is 1.88 bits per heavy atom. The van der Waals surface area contributed by atoms with E-state index in [-0.39, 0.29) is 5.91 Å². The van der Waals surface area contributed by atoms with Crippen molar-refractivity contribution in [3.8, 4) is 0 Å². The third-order valence-electron chi connectivity index (χ3n) is 3.70. The predicted molar refractivity (Wildman–Crippen MR) is 96.7 cm³/mol. The number of carbonyl (C=O) groups is 1. The topological polar surface area (TPSA) is 56.9 Å². The van der Waals surface area contributed by atoms with E-state index in [4.69, 9.17) is 0 Å². The minimum atomic E-state index is -4.33. The molecular weight excluding hydrogens is 363 g/mol. The monoisotopic (exact) mass is 379 g/mol. The lowest BCUT2D eigenvalue weighted by Gasteiger charge is -2.08. The van der Waals surface area contributed by atoms with Crippen LogP contribution in [-0.4, -0.2) is 10.9 Å². The molecule has 136 valence electrons. The van der Waals surface area contributed by atoms with Crippen LogP contribution in [0.15, 0.2) is 53.6 Å². The molecule has 0 bridgehead atoms.